The number of hydrogen-bond donors (Lipinski definition) is 3. The van der Waals surface area contributed by atoms with E-state index in [1.54, 1.807) is 14.2 Å². The van der Waals surface area contributed by atoms with Crippen molar-refractivity contribution in [2.24, 2.45) is 23.5 Å². The minimum atomic E-state index is -0.778. The highest BCUT2D eigenvalue weighted by Gasteiger charge is 2.24. The van der Waals surface area contributed by atoms with Gasteiger partial charge in [-0.05, 0) is 55.2 Å². The third-order valence-electron chi connectivity index (χ3n) is 6.33. The number of methoxy groups -OCH3 is 2. The van der Waals surface area contributed by atoms with Crippen LogP contribution in [0.2, 0.25) is 0 Å². The zero-order valence-corrected chi connectivity index (χ0v) is 21.4. The quantitative estimate of drug-likeness (QED) is 0.303. The highest BCUT2D eigenvalue weighted by molar-refractivity contribution is 5.78. The third-order valence-corrected chi connectivity index (χ3v) is 6.33. The second kappa shape index (κ2) is 15.9. The van der Waals surface area contributed by atoms with E-state index in [9.17, 15) is 9.90 Å². The lowest BCUT2D eigenvalue weighted by Crippen LogP contribution is -2.46. The monoisotopic (exact) mass is 466 g/mol. The van der Waals surface area contributed by atoms with Gasteiger partial charge in [-0.3, -0.25) is 4.79 Å². The van der Waals surface area contributed by atoms with E-state index >= 15 is 0 Å². The number of ether oxygens (including phenoxy) is 3. The van der Waals surface area contributed by atoms with Crippen LogP contribution in [0.3, 0.4) is 0 Å². The van der Waals surface area contributed by atoms with Crippen LogP contribution in [0.25, 0.3) is 0 Å². The van der Waals surface area contributed by atoms with E-state index < -0.39 is 12.1 Å². The highest BCUT2D eigenvalue weighted by Crippen LogP contribution is 2.31. The molecule has 3 atom stereocenters. The lowest BCUT2D eigenvalue weighted by atomic mass is 9.83. The summed E-state index contributed by atoms with van der Waals surface area (Å²) in [6, 6.07) is 5.59. The molecule has 1 rings (SSSR count). The van der Waals surface area contributed by atoms with Crippen LogP contribution in [0.4, 0.5) is 0 Å². The predicted octanol–water partition coefficient (Wildman–Crippen LogP) is 3.56. The first-order valence-electron chi connectivity index (χ1n) is 12.3. The van der Waals surface area contributed by atoms with Crippen LogP contribution < -0.4 is 20.5 Å². The van der Waals surface area contributed by atoms with Gasteiger partial charge in [0.15, 0.2) is 11.5 Å². The van der Waals surface area contributed by atoms with Crippen LogP contribution in [-0.2, 0) is 16.0 Å². The lowest BCUT2D eigenvalue weighted by molar-refractivity contribution is -0.125. The molecule has 0 aliphatic rings. The van der Waals surface area contributed by atoms with Crippen molar-refractivity contribution in [3.63, 3.8) is 0 Å². The van der Waals surface area contributed by atoms with Gasteiger partial charge in [0.2, 0.25) is 5.91 Å². The van der Waals surface area contributed by atoms with E-state index in [-0.39, 0.29) is 24.3 Å². The van der Waals surface area contributed by atoms with Crippen LogP contribution >= 0.6 is 0 Å². The molecule has 7 nitrogen and oxygen atoms in total. The van der Waals surface area contributed by atoms with Crippen LogP contribution in [0, 0.1) is 17.8 Å². The minimum absolute atomic E-state index is 0.0112. The van der Waals surface area contributed by atoms with Crippen molar-refractivity contribution < 1.29 is 24.1 Å². The number of nitrogens with two attached hydrogens (primary N) is 1. The van der Waals surface area contributed by atoms with Crippen molar-refractivity contribution in [2.75, 3.05) is 34.0 Å². The first-order valence-corrected chi connectivity index (χ1v) is 12.3. The highest BCUT2D eigenvalue weighted by atomic mass is 16.5. The zero-order valence-electron chi connectivity index (χ0n) is 21.4. The van der Waals surface area contributed by atoms with Gasteiger partial charge in [0.05, 0.1) is 19.8 Å². The Morgan fingerprint density at radius 3 is 2.39 bits per heavy atom. The molecule has 1 aromatic rings. The molecule has 0 bridgehead atoms. The first kappa shape index (κ1) is 29.2. The smallest absolute Gasteiger partial charge is 0.223 e. The van der Waals surface area contributed by atoms with Gasteiger partial charge in [0.25, 0.3) is 0 Å². The maximum Gasteiger partial charge on any atom is 0.223 e. The van der Waals surface area contributed by atoms with Gasteiger partial charge in [0, 0.05) is 38.6 Å². The fourth-order valence-electron chi connectivity index (χ4n) is 3.91. The summed E-state index contributed by atoms with van der Waals surface area (Å²) in [5.41, 5.74) is 7.49. The molecular weight excluding hydrogens is 420 g/mol. The Hall–Kier alpha value is -1.83. The minimum Gasteiger partial charge on any atom is -0.493 e. The molecule has 0 saturated heterocycles. The summed E-state index contributed by atoms with van der Waals surface area (Å²) in [5, 5.41) is 13.4. The third kappa shape index (κ3) is 10.3. The molecule has 0 heterocycles. The number of nitrogens with one attached hydrogen (secondary N) is 1. The van der Waals surface area contributed by atoms with E-state index in [4.69, 9.17) is 19.9 Å². The van der Waals surface area contributed by atoms with Crippen molar-refractivity contribution in [2.45, 2.75) is 71.9 Å². The van der Waals surface area contributed by atoms with Gasteiger partial charge in [-0.25, -0.2) is 0 Å². The Bertz CT molecular complexity index is 679. The molecule has 0 fully saturated rings. The molecular formula is C26H46N2O5. The Balaban J connectivity index is 2.74. The van der Waals surface area contributed by atoms with Crippen LogP contribution in [0.1, 0.15) is 58.9 Å². The second-order valence-electron chi connectivity index (χ2n) is 9.11. The van der Waals surface area contributed by atoms with Crippen LogP contribution in [-0.4, -0.2) is 57.1 Å². The number of hydrogen-bond acceptors (Lipinski definition) is 6. The Morgan fingerprint density at radius 1 is 1.12 bits per heavy atom. The number of carbonyl (C=O) groups is 1. The van der Waals surface area contributed by atoms with Gasteiger partial charge in [0.1, 0.15) is 0 Å². The average Bonchev–Trinajstić information content (AvgIpc) is 2.80. The molecule has 1 amide bonds. The number of rotatable bonds is 17. The average molecular weight is 467 g/mol. The summed E-state index contributed by atoms with van der Waals surface area (Å²) in [6.45, 7) is 9.73. The van der Waals surface area contributed by atoms with Crippen molar-refractivity contribution in [3.05, 3.63) is 23.8 Å². The first-order chi connectivity index (χ1) is 15.8. The van der Waals surface area contributed by atoms with Crippen molar-refractivity contribution in [1.82, 2.24) is 5.32 Å². The van der Waals surface area contributed by atoms with Gasteiger partial charge >= 0.3 is 0 Å². The summed E-state index contributed by atoms with van der Waals surface area (Å²) in [4.78, 5) is 12.2. The van der Waals surface area contributed by atoms with E-state index in [2.05, 4.69) is 19.2 Å². The maximum atomic E-state index is 12.2. The molecule has 0 saturated carbocycles. The molecule has 0 aliphatic heterocycles. The zero-order chi connectivity index (χ0) is 24.8. The largest absolute Gasteiger partial charge is 0.493 e. The van der Waals surface area contributed by atoms with Crippen molar-refractivity contribution >= 4 is 5.91 Å². The van der Waals surface area contributed by atoms with Gasteiger partial charge < -0.3 is 30.4 Å². The molecule has 33 heavy (non-hydrogen) atoms. The fraction of sp³-hybridized carbons (Fsp3) is 0.731. The molecule has 7 heteroatoms. The fourth-order valence-corrected chi connectivity index (χ4v) is 3.91. The Kier molecular flexibility index (Phi) is 14.1. The summed E-state index contributed by atoms with van der Waals surface area (Å²) >= 11 is 0. The number of benzene rings is 1. The van der Waals surface area contributed by atoms with E-state index in [1.807, 2.05) is 32.0 Å². The molecule has 1 aromatic carbocycles. The number of aliphatic hydroxyl groups excluding tert-OH is 1. The second-order valence-corrected chi connectivity index (χ2v) is 9.11. The summed E-state index contributed by atoms with van der Waals surface area (Å²) in [7, 11) is 3.31. The van der Waals surface area contributed by atoms with E-state index in [0.717, 1.165) is 37.0 Å². The molecule has 0 unspecified atom stereocenters. The lowest BCUT2D eigenvalue weighted by Gasteiger charge is -2.28. The number of carbonyl (C=O) groups excluding carboxylic acids is 1. The topological polar surface area (TPSA) is 103 Å². The number of amides is 1. The number of aliphatic hydroxyl groups is 1. The Labute approximate surface area is 200 Å². The predicted molar refractivity (Wildman–Crippen MR) is 133 cm³/mol. The van der Waals surface area contributed by atoms with E-state index in [1.165, 1.54) is 0 Å². The van der Waals surface area contributed by atoms with Gasteiger partial charge in [-0.15, -0.1) is 0 Å². The molecule has 0 radical (unpaired) electrons. The molecule has 0 aliphatic carbocycles. The summed E-state index contributed by atoms with van der Waals surface area (Å²) in [6.07, 6.45) is 3.09. The van der Waals surface area contributed by atoms with Crippen molar-refractivity contribution in [3.8, 4) is 11.5 Å². The molecule has 4 N–H and O–H groups in total. The van der Waals surface area contributed by atoms with Gasteiger partial charge in [-0.1, -0.05) is 33.8 Å². The Morgan fingerprint density at radius 2 is 1.82 bits per heavy atom. The van der Waals surface area contributed by atoms with E-state index in [0.29, 0.717) is 31.3 Å². The summed E-state index contributed by atoms with van der Waals surface area (Å²) in [5.74, 6) is 2.06. The van der Waals surface area contributed by atoms with Crippen LogP contribution in [0.15, 0.2) is 18.2 Å². The molecule has 0 spiro atoms. The van der Waals surface area contributed by atoms with Gasteiger partial charge in [-0.2, -0.15) is 0 Å². The van der Waals surface area contributed by atoms with Crippen molar-refractivity contribution in [1.29, 1.82) is 0 Å². The maximum absolute atomic E-state index is 12.2. The molecule has 190 valence electrons. The normalized spacial score (nSPS) is 14.2. The SMILES string of the molecule is CCC(CC)C(=O)NC[C@H](O)[C@@H](N)C[C@H](Cc1ccc(OC)c(OCCCOC)c1)C(C)C. The van der Waals surface area contributed by atoms with Crippen LogP contribution in [0.5, 0.6) is 11.5 Å². The summed E-state index contributed by atoms with van der Waals surface area (Å²) < 4.78 is 16.4. The molecule has 0 aromatic heterocycles. The standard InChI is InChI=1S/C26H46N2O5/c1-7-20(8-2)26(30)28-17-23(29)22(27)16-21(18(3)4)14-19-10-11-24(32-6)25(15-19)33-13-9-12-31-5/h10-11,15,18,20-23,29H,7-9,12-14,16-17,27H2,1-6H3,(H,28,30)/t21-,22-,23-/m0/s1.